The molecule has 0 aromatic heterocycles. The summed E-state index contributed by atoms with van der Waals surface area (Å²) < 4.78 is 31.1. The average molecular weight is 226 g/mol. The highest BCUT2D eigenvalue weighted by Gasteiger charge is 2.14. The van der Waals surface area contributed by atoms with Crippen molar-refractivity contribution in [3.63, 3.8) is 0 Å². The Morgan fingerprint density at radius 1 is 1.00 bits per heavy atom. The first-order valence-corrected chi connectivity index (χ1v) is 5.83. The molecule has 6 heteroatoms. The fourth-order valence-electron chi connectivity index (χ4n) is 0.839. The molecule has 86 valence electrons. The van der Waals surface area contributed by atoms with Gasteiger partial charge in [0, 0.05) is 14.2 Å². The highest BCUT2D eigenvalue weighted by Crippen LogP contribution is 2.30. The largest absolute Gasteiger partial charge is 0.355 e. The Hall–Kier alpha value is 0.0700. The lowest BCUT2D eigenvalue weighted by Gasteiger charge is -2.17. The van der Waals surface area contributed by atoms with E-state index in [0.717, 1.165) is 0 Å². The summed E-state index contributed by atoms with van der Waals surface area (Å²) in [6.45, 7) is 3.74. The van der Waals surface area contributed by atoms with Gasteiger partial charge in [0.1, 0.15) is 0 Å². The van der Waals surface area contributed by atoms with Crippen LogP contribution in [0.5, 0.6) is 0 Å². The maximum Gasteiger partial charge on any atom is 0.323 e. The molecule has 0 aromatic carbocycles. The SMILES string of the molecule is CCC(OC)O[PH](=O)OC(CC)OC. The standard InChI is InChI=1S/C8H19O5P/c1-5-7(10-3)12-14(9)13-8(6-2)11-4/h7-8,14H,5-6H2,1-4H3. The third-order valence-corrected chi connectivity index (χ3v) is 2.56. The molecule has 0 radical (unpaired) electrons. The van der Waals surface area contributed by atoms with Crippen LogP contribution in [-0.4, -0.2) is 26.8 Å². The number of methoxy groups -OCH3 is 2. The van der Waals surface area contributed by atoms with Crippen molar-refractivity contribution in [2.24, 2.45) is 0 Å². The van der Waals surface area contributed by atoms with Crippen LogP contribution in [0, 0.1) is 0 Å². The molecule has 0 aliphatic heterocycles. The lowest BCUT2D eigenvalue weighted by Crippen LogP contribution is -2.14. The molecule has 0 heterocycles. The first kappa shape index (κ1) is 14.1. The molecule has 2 atom stereocenters. The Bertz CT molecular complexity index is 140. The second kappa shape index (κ2) is 8.38. The van der Waals surface area contributed by atoms with Crippen LogP contribution in [0.3, 0.4) is 0 Å². The topological polar surface area (TPSA) is 54.0 Å². The summed E-state index contributed by atoms with van der Waals surface area (Å²) >= 11 is 0. The number of ether oxygens (including phenoxy) is 2. The van der Waals surface area contributed by atoms with E-state index in [9.17, 15) is 4.57 Å². The van der Waals surface area contributed by atoms with Gasteiger partial charge in [-0.3, -0.25) is 13.6 Å². The second-order valence-corrected chi connectivity index (χ2v) is 3.60. The van der Waals surface area contributed by atoms with E-state index in [2.05, 4.69) is 0 Å². The molecule has 0 aromatic rings. The third kappa shape index (κ3) is 5.73. The van der Waals surface area contributed by atoms with E-state index in [-0.39, 0.29) is 0 Å². The van der Waals surface area contributed by atoms with Crippen LogP contribution in [0.4, 0.5) is 0 Å². The zero-order valence-corrected chi connectivity index (χ0v) is 10.1. The second-order valence-electron chi connectivity index (χ2n) is 2.63. The van der Waals surface area contributed by atoms with E-state index in [1.54, 1.807) is 0 Å². The molecular weight excluding hydrogens is 207 g/mol. The normalized spacial score (nSPS) is 17.7. The highest BCUT2D eigenvalue weighted by atomic mass is 31.1. The lowest BCUT2D eigenvalue weighted by atomic mass is 10.5. The molecule has 0 fully saturated rings. The summed E-state index contributed by atoms with van der Waals surface area (Å²) in [5.41, 5.74) is 0. The van der Waals surface area contributed by atoms with Gasteiger partial charge in [-0.1, -0.05) is 13.8 Å². The maximum absolute atomic E-state index is 11.3. The summed E-state index contributed by atoms with van der Waals surface area (Å²) in [6.07, 6.45) is 0.298. The van der Waals surface area contributed by atoms with Gasteiger partial charge in [0.05, 0.1) is 0 Å². The fourth-order valence-corrected chi connectivity index (χ4v) is 1.85. The van der Waals surface area contributed by atoms with Crippen LogP contribution < -0.4 is 0 Å². The van der Waals surface area contributed by atoms with E-state index in [0.29, 0.717) is 12.8 Å². The van der Waals surface area contributed by atoms with E-state index in [1.165, 1.54) is 14.2 Å². The van der Waals surface area contributed by atoms with Gasteiger partial charge in [-0.15, -0.1) is 0 Å². The summed E-state index contributed by atoms with van der Waals surface area (Å²) in [7, 11) is 0.458. The minimum atomic E-state index is -2.54. The van der Waals surface area contributed by atoms with Gasteiger partial charge < -0.3 is 9.47 Å². The zero-order chi connectivity index (χ0) is 11.0. The fraction of sp³-hybridized carbons (Fsp3) is 1.00. The molecule has 0 amide bonds. The minimum Gasteiger partial charge on any atom is -0.355 e. The van der Waals surface area contributed by atoms with Gasteiger partial charge in [-0.2, -0.15) is 0 Å². The molecule has 0 saturated carbocycles. The van der Waals surface area contributed by atoms with Crippen molar-refractivity contribution in [2.45, 2.75) is 39.3 Å². The molecule has 0 aliphatic carbocycles. The van der Waals surface area contributed by atoms with Crippen molar-refractivity contribution in [1.82, 2.24) is 0 Å². The molecule has 0 aliphatic rings. The summed E-state index contributed by atoms with van der Waals surface area (Å²) in [4.78, 5) is 0. The van der Waals surface area contributed by atoms with Crippen LogP contribution in [0.1, 0.15) is 26.7 Å². The number of rotatable bonds is 8. The molecule has 14 heavy (non-hydrogen) atoms. The van der Waals surface area contributed by atoms with Crippen LogP contribution in [-0.2, 0) is 23.1 Å². The molecule has 0 saturated heterocycles. The Morgan fingerprint density at radius 3 is 1.57 bits per heavy atom. The van der Waals surface area contributed by atoms with E-state index < -0.39 is 20.8 Å². The summed E-state index contributed by atoms with van der Waals surface area (Å²) in [5, 5.41) is 0. The Balaban J connectivity index is 3.83. The van der Waals surface area contributed by atoms with E-state index in [4.69, 9.17) is 18.5 Å². The van der Waals surface area contributed by atoms with Crippen LogP contribution in [0.15, 0.2) is 0 Å². The van der Waals surface area contributed by atoms with Crippen molar-refractivity contribution in [3.8, 4) is 0 Å². The van der Waals surface area contributed by atoms with Gasteiger partial charge >= 0.3 is 8.25 Å². The van der Waals surface area contributed by atoms with Gasteiger partial charge in [-0.25, -0.2) is 0 Å². The lowest BCUT2D eigenvalue weighted by molar-refractivity contribution is -0.0905. The molecule has 0 rings (SSSR count). The monoisotopic (exact) mass is 226 g/mol. The smallest absolute Gasteiger partial charge is 0.323 e. The molecule has 2 unspecified atom stereocenters. The molecular formula is C8H19O5P. The average Bonchev–Trinajstić information content (AvgIpc) is 2.22. The quantitative estimate of drug-likeness (QED) is 0.469. The first-order chi connectivity index (χ1) is 6.67. The van der Waals surface area contributed by atoms with Gasteiger partial charge in [-0.05, 0) is 12.8 Å². The zero-order valence-electron chi connectivity index (χ0n) is 9.11. The summed E-state index contributed by atoms with van der Waals surface area (Å²) in [5.74, 6) is 0. The van der Waals surface area contributed by atoms with Crippen LogP contribution >= 0.6 is 8.25 Å². The van der Waals surface area contributed by atoms with Crippen molar-refractivity contribution in [2.75, 3.05) is 14.2 Å². The maximum atomic E-state index is 11.3. The molecule has 0 spiro atoms. The highest BCUT2D eigenvalue weighted by molar-refractivity contribution is 7.33. The minimum absolute atomic E-state index is 0.476. The van der Waals surface area contributed by atoms with Crippen LogP contribution in [0.2, 0.25) is 0 Å². The molecule has 5 nitrogen and oxygen atoms in total. The third-order valence-electron chi connectivity index (χ3n) is 1.65. The van der Waals surface area contributed by atoms with Crippen molar-refractivity contribution in [1.29, 1.82) is 0 Å². The van der Waals surface area contributed by atoms with Gasteiger partial charge in [0.25, 0.3) is 0 Å². The Labute approximate surface area is 85.6 Å². The van der Waals surface area contributed by atoms with E-state index in [1.807, 2.05) is 13.8 Å². The molecule has 0 bridgehead atoms. The van der Waals surface area contributed by atoms with Gasteiger partial charge in [0.2, 0.25) is 0 Å². The Kier molecular flexibility index (Phi) is 8.43. The predicted octanol–water partition coefficient (Wildman–Crippen LogP) is 2.17. The van der Waals surface area contributed by atoms with Gasteiger partial charge in [0.15, 0.2) is 12.6 Å². The van der Waals surface area contributed by atoms with Crippen molar-refractivity contribution < 1.29 is 23.1 Å². The summed E-state index contributed by atoms with van der Waals surface area (Å²) in [6, 6.07) is 0. The first-order valence-electron chi connectivity index (χ1n) is 4.60. The predicted molar refractivity (Wildman–Crippen MR) is 53.3 cm³/mol. The molecule has 0 N–H and O–H groups in total. The van der Waals surface area contributed by atoms with Crippen LogP contribution in [0.25, 0.3) is 0 Å². The number of hydrogen-bond donors (Lipinski definition) is 0. The Morgan fingerprint density at radius 2 is 1.36 bits per heavy atom. The van der Waals surface area contributed by atoms with E-state index >= 15 is 0 Å². The van der Waals surface area contributed by atoms with Crippen molar-refractivity contribution >= 4 is 8.25 Å². The number of hydrogen-bond acceptors (Lipinski definition) is 5. The van der Waals surface area contributed by atoms with Crippen molar-refractivity contribution in [3.05, 3.63) is 0 Å².